The Hall–Kier alpha value is -3.58. The second kappa shape index (κ2) is 8.65. The maximum atomic E-state index is 14.2. The monoisotopic (exact) mass is 433 g/mol. The molecule has 0 radical (unpaired) electrons. The zero-order valence-corrected chi connectivity index (χ0v) is 17.7. The minimum absolute atomic E-state index is 0.0598. The van der Waals surface area contributed by atoms with Gasteiger partial charge in [-0.25, -0.2) is 8.96 Å². The highest BCUT2D eigenvalue weighted by atomic mass is 32.1. The Morgan fingerprint density at radius 2 is 1.77 bits per heavy atom. The van der Waals surface area contributed by atoms with E-state index in [1.54, 1.807) is 42.3 Å². The number of aromatic nitrogens is 2. The molecule has 0 saturated carbocycles. The van der Waals surface area contributed by atoms with E-state index in [4.69, 9.17) is 12.2 Å². The van der Waals surface area contributed by atoms with Gasteiger partial charge in [0.25, 0.3) is 11.5 Å². The number of H-pyrrole nitrogens is 1. The highest BCUT2D eigenvalue weighted by molar-refractivity contribution is 7.71. The molecule has 5 nitrogen and oxygen atoms in total. The number of rotatable bonds is 5. The summed E-state index contributed by atoms with van der Waals surface area (Å²) in [5.41, 5.74) is 1.66. The summed E-state index contributed by atoms with van der Waals surface area (Å²) in [5.74, 6) is -0.703. The van der Waals surface area contributed by atoms with Crippen LogP contribution in [0.2, 0.25) is 0 Å². The number of fused-ring (bicyclic) bond motifs is 1. The van der Waals surface area contributed by atoms with Gasteiger partial charge >= 0.3 is 0 Å². The highest BCUT2D eigenvalue weighted by Crippen LogP contribution is 2.16. The third kappa shape index (κ3) is 4.18. The van der Waals surface area contributed by atoms with Gasteiger partial charge in [-0.1, -0.05) is 42.5 Å². The number of hydrogen-bond acceptors (Lipinski definition) is 3. The molecule has 0 fully saturated rings. The number of likely N-dealkylation sites (N-methyl/N-ethyl adjacent to an activating group) is 1. The first kappa shape index (κ1) is 20.7. The number of halogens is 1. The second-order valence-electron chi connectivity index (χ2n) is 7.24. The van der Waals surface area contributed by atoms with Crippen LogP contribution in [0.3, 0.4) is 0 Å². The van der Waals surface area contributed by atoms with Crippen molar-refractivity contribution in [2.75, 3.05) is 13.6 Å². The van der Waals surface area contributed by atoms with E-state index >= 15 is 0 Å². The molecular formula is C24H20FN3O2S. The van der Waals surface area contributed by atoms with Crippen LogP contribution < -0.4 is 5.56 Å². The number of nitrogens with one attached hydrogen (secondary N) is 1. The summed E-state index contributed by atoms with van der Waals surface area (Å²) in [6.45, 7) is 0.561. The lowest BCUT2D eigenvalue weighted by molar-refractivity contribution is 0.0797. The molecule has 0 saturated heterocycles. The Kier molecular flexibility index (Phi) is 5.77. The van der Waals surface area contributed by atoms with Crippen LogP contribution in [0, 0.1) is 10.6 Å². The van der Waals surface area contributed by atoms with Gasteiger partial charge in [0.15, 0.2) is 4.77 Å². The van der Waals surface area contributed by atoms with Crippen LogP contribution in [-0.4, -0.2) is 34.0 Å². The highest BCUT2D eigenvalue weighted by Gasteiger charge is 2.15. The van der Waals surface area contributed by atoms with Crippen molar-refractivity contribution in [3.63, 3.8) is 0 Å². The first-order valence-electron chi connectivity index (χ1n) is 9.79. The van der Waals surface area contributed by atoms with Gasteiger partial charge in [-0.05, 0) is 54.5 Å². The SMILES string of the molecule is CN(CCc1ccccc1)C(=O)c1ccc2c(=O)n(-c3ccccc3F)c(=S)[nH]c2c1. The minimum atomic E-state index is -0.546. The van der Waals surface area contributed by atoms with Crippen LogP contribution >= 0.6 is 12.2 Å². The lowest BCUT2D eigenvalue weighted by Crippen LogP contribution is -2.29. The fourth-order valence-electron chi connectivity index (χ4n) is 3.47. The van der Waals surface area contributed by atoms with Crippen molar-refractivity contribution in [2.24, 2.45) is 0 Å². The van der Waals surface area contributed by atoms with Crippen molar-refractivity contribution in [3.05, 3.63) is 105 Å². The molecule has 1 aromatic heterocycles. The number of carbonyl (C=O) groups is 1. The Bertz CT molecular complexity index is 1380. The third-order valence-electron chi connectivity index (χ3n) is 5.16. The van der Waals surface area contributed by atoms with Gasteiger partial charge in [0.2, 0.25) is 0 Å². The molecule has 0 aliphatic carbocycles. The number of hydrogen-bond donors (Lipinski definition) is 1. The molecule has 0 atom stereocenters. The molecule has 1 amide bonds. The maximum Gasteiger partial charge on any atom is 0.266 e. The normalized spacial score (nSPS) is 10.9. The van der Waals surface area contributed by atoms with Crippen LogP contribution in [0.1, 0.15) is 15.9 Å². The fraction of sp³-hybridized carbons (Fsp3) is 0.125. The Labute approximate surface area is 183 Å². The molecular weight excluding hydrogens is 413 g/mol. The number of nitrogens with zero attached hydrogens (tertiary/aromatic N) is 2. The number of amides is 1. The smallest absolute Gasteiger partial charge is 0.266 e. The predicted molar refractivity (Wildman–Crippen MR) is 122 cm³/mol. The largest absolute Gasteiger partial charge is 0.341 e. The average molecular weight is 434 g/mol. The van der Waals surface area contributed by atoms with Gasteiger partial charge in [-0.2, -0.15) is 0 Å². The van der Waals surface area contributed by atoms with Crippen molar-refractivity contribution >= 4 is 29.0 Å². The van der Waals surface area contributed by atoms with Crippen molar-refractivity contribution in [1.82, 2.24) is 14.5 Å². The third-order valence-corrected chi connectivity index (χ3v) is 5.45. The quantitative estimate of drug-likeness (QED) is 0.472. The molecule has 0 spiro atoms. The van der Waals surface area contributed by atoms with Crippen LogP contribution in [0.4, 0.5) is 4.39 Å². The predicted octanol–water partition coefficient (Wildman–Crippen LogP) is 4.50. The lowest BCUT2D eigenvalue weighted by Gasteiger charge is -2.17. The van der Waals surface area contributed by atoms with E-state index in [1.165, 1.54) is 12.1 Å². The standard InChI is InChI=1S/C24H20FN3O2S/c1-27(14-13-16-7-3-2-4-8-16)22(29)17-11-12-18-20(15-17)26-24(31)28(23(18)30)21-10-6-5-9-19(21)25/h2-12,15H,13-14H2,1H3,(H,26,31). The molecule has 0 aliphatic heterocycles. The molecule has 3 aromatic carbocycles. The molecule has 4 aromatic rings. The minimum Gasteiger partial charge on any atom is -0.341 e. The second-order valence-corrected chi connectivity index (χ2v) is 7.63. The zero-order valence-electron chi connectivity index (χ0n) is 16.8. The van der Waals surface area contributed by atoms with Gasteiger partial charge in [0.05, 0.1) is 16.6 Å². The van der Waals surface area contributed by atoms with Crippen LogP contribution in [0.25, 0.3) is 16.6 Å². The molecule has 1 heterocycles. The Morgan fingerprint density at radius 3 is 2.52 bits per heavy atom. The van der Waals surface area contributed by atoms with Gasteiger partial charge in [0, 0.05) is 19.2 Å². The average Bonchev–Trinajstić information content (AvgIpc) is 2.78. The van der Waals surface area contributed by atoms with E-state index in [0.29, 0.717) is 23.0 Å². The summed E-state index contributed by atoms with van der Waals surface area (Å²) in [5, 5.41) is 0.320. The van der Waals surface area contributed by atoms with E-state index in [0.717, 1.165) is 16.6 Å². The summed E-state index contributed by atoms with van der Waals surface area (Å²) in [7, 11) is 1.74. The van der Waals surface area contributed by atoms with Crippen molar-refractivity contribution < 1.29 is 9.18 Å². The van der Waals surface area contributed by atoms with Gasteiger partial charge in [-0.15, -0.1) is 0 Å². The summed E-state index contributed by atoms with van der Waals surface area (Å²) in [6, 6.07) is 20.7. The van der Waals surface area contributed by atoms with Crippen LogP contribution in [-0.2, 0) is 6.42 Å². The molecule has 0 aliphatic rings. The Morgan fingerprint density at radius 1 is 1.06 bits per heavy atom. The number of aromatic amines is 1. The van der Waals surface area contributed by atoms with Gasteiger partial charge in [0.1, 0.15) is 5.82 Å². The summed E-state index contributed by atoms with van der Waals surface area (Å²) >= 11 is 5.31. The Balaban J connectivity index is 1.65. The number of benzene rings is 3. The van der Waals surface area contributed by atoms with Crippen molar-refractivity contribution in [1.29, 1.82) is 0 Å². The molecule has 0 unspecified atom stereocenters. The van der Waals surface area contributed by atoms with E-state index in [2.05, 4.69) is 4.98 Å². The molecule has 31 heavy (non-hydrogen) atoms. The van der Waals surface area contributed by atoms with E-state index in [-0.39, 0.29) is 16.4 Å². The van der Waals surface area contributed by atoms with E-state index in [1.807, 2.05) is 30.3 Å². The molecule has 7 heteroatoms. The number of carbonyl (C=O) groups excluding carboxylic acids is 1. The summed E-state index contributed by atoms with van der Waals surface area (Å²) < 4.78 is 15.4. The van der Waals surface area contributed by atoms with Gasteiger partial charge < -0.3 is 9.88 Å². The molecule has 4 rings (SSSR count). The van der Waals surface area contributed by atoms with E-state index in [9.17, 15) is 14.0 Å². The van der Waals surface area contributed by atoms with Crippen LogP contribution in [0.15, 0.2) is 77.6 Å². The first-order valence-corrected chi connectivity index (χ1v) is 10.2. The van der Waals surface area contributed by atoms with Crippen molar-refractivity contribution in [2.45, 2.75) is 6.42 Å². The van der Waals surface area contributed by atoms with Crippen LogP contribution in [0.5, 0.6) is 0 Å². The molecule has 156 valence electrons. The first-order chi connectivity index (χ1) is 15.0. The maximum absolute atomic E-state index is 14.2. The fourth-order valence-corrected chi connectivity index (χ4v) is 3.76. The summed E-state index contributed by atoms with van der Waals surface area (Å²) in [6.07, 6.45) is 0.743. The summed E-state index contributed by atoms with van der Waals surface area (Å²) in [4.78, 5) is 30.5. The molecule has 1 N–H and O–H groups in total. The van der Waals surface area contributed by atoms with Gasteiger partial charge in [-0.3, -0.25) is 9.59 Å². The van der Waals surface area contributed by atoms with E-state index < -0.39 is 11.4 Å². The number of para-hydroxylation sites is 1. The lowest BCUT2D eigenvalue weighted by atomic mass is 10.1. The topological polar surface area (TPSA) is 58.1 Å². The molecule has 0 bridgehead atoms. The zero-order chi connectivity index (χ0) is 22.0. The van der Waals surface area contributed by atoms with Crippen molar-refractivity contribution in [3.8, 4) is 5.69 Å².